The third kappa shape index (κ3) is 4.74. The van der Waals surface area contributed by atoms with Crippen LogP contribution in [0.2, 0.25) is 0 Å². The van der Waals surface area contributed by atoms with E-state index in [4.69, 9.17) is 0 Å². The van der Waals surface area contributed by atoms with Gasteiger partial charge in [-0.25, -0.2) is 9.59 Å². The number of alkyl halides is 6. The SMILES string of the molecule is CCOC(=O)C1=C(C(F)(F)F)NC(C(F)(F)F)=C(C(=O)OCC)C1c1cccnc1. The van der Waals surface area contributed by atoms with E-state index in [1.54, 1.807) is 0 Å². The van der Waals surface area contributed by atoms with Crippen LogP contribution in [0, 0.1) is 0 Å². The molecule has 0 spiro atoms. The molecular formula is C18H16F6N2O4. The predicted octanol–water partition coefficient (Wildman–Crippen LogP) is 3.53. The number of dihydropyridines is 1. The number of halogens is 6. The average Bonchev–Trinajstić information content (AvgIpc) is 2.65. The Hall–Kier alpha value is -3.05. The van der Waals surface area contributed by atoms with Crippen LogP contribution in [-0.2, 0) is 19.1 Å². The maximum absolute atomic E-state index is 13.7. The Kier molecular flexibility index (Phi) is 6.78. The molecule has 30 heavy (non-hydrogen) atoms. The second-order valence-corrected chi connectivity index (χ2v) is 5.86. The first-order valence-corrected chi connectivity index (χ1v) is 8.57. The minimum absolute atomic E-state index is 0.256. The lowest BCUT2D eigenvalue weighted by Gasteiger charge is -2.33. The largest absolute Gasteiger partial charge is 0.463 e. The lowest BCUT2D eigenvalue weighted by Crippen LogP contribution is -2.43. The van der Waals surface area contributed by atoms with Crippen molar-refractivity contribution in [3.05, 3.63) is 52.6 Å². The molecule has 164 valence electrons. The molecule has 0 fully saturated rings. The van der Waals surface area contributed by atoms with E-state index in [9.17, 15) is 35.9 Å². The van der Waals surface area contributed by atoms with Crippen molar-refractivity contribution in [3.63, 3.8) is 0 Å². The van der Waals surface area contributed by atoms with Gasteiger partial charge in [-0.15, -0.1) is 0 Å². The number of carbonyl (C=O) groups excluding carboxylic acids is 2. The Balaban J connectivity index is 2.92. The summed E-state index contributed by atoms with van der Waals surface area (Å²) in [5.41, 5.74) is -6.61. The van der Waals surface area contributed by atoms with Crippen LogP contribution in [0.4, 0.5) is 26.3 Å². The van der Waals surface area contributed by atoms with Gasteiger partial charge in [-0.1, -0.05) is 6.07 Å². The monoisotopic (exact) mass is 438 g/mol. The maximum atomic E-state index is 13.7. The van der Waals surface area contributed by atoms with E-state index in [0.717, 1.165) is 12.3 Å². The lowest BCUT2D eigenvalue weighted by atomic mass is 9.80. The van der Waals surface area contributed by atoms with Crippen LogP contribution in [0.15, 0.2) is 47.1 Å². The predicted molar refractivity (Wildman–Crippen MR) is 89.5 cm³/mol. The standard InChI is InChI=1S/C18H16F6N2O4/c1-3-29-15(27)11-10(9-6-5-7-25-8-9)12(16(28)30-4-2)14(18(22,23)24)26-13(11)17(19,20)21/h5-8,10,26H,3-4H2,1-2H3. The highest BCUT2D eigenvalue weighted by Gasteiger charge is 2.53. The number of nitrogens with zero attached hydrogens (tertiary/aromatic N) is 1. The number of hydrogen-bond donors (Lipinski definition) is 1. The van der Waals surface area contributed by atoms with Gasteiger partial charge in [0.05, 0.1) is 30.3 Å². The molecule has 6 nitrogen and oxygen atoms in total. The summed E-state index contributed by atoms with van der Waals surface area (Å²) >= 11 is 0. The third-order valence-corrected chi connectivity index (χ3v) is 3.94. The topological polar surface area (TPSA) is 77.5 Å². The fraction of sp³-hybridized carbons (Fsp3) is 0.389. The van der Waals surface area contributed by atoms with Gasteiger partial charge in [0.15, 0.2) is 0 Å². The van der Waals surface area contributed by atoms with Gasteiger partial charge in [0.1, 0.15) is 11.4 Å². The summed E-state index contributed by atoms with van der Waals surface area (Å²) in [5.74, 6) is -5.14. The lowest BCUT2D eigenvalue weighted by molar-refractivity contribution is -0.143. The first-order chi connectivity index (χ1) is 13.9. The van der Waals surface area contributed by atoms with E-state index in [1.165, 1.54) is 31.4 Å². The van der Waals surface area contributed by atoms with Crippen LogP contribution >= 0.6 is 0 Å². The molecule has 1 aliphatic rings. The highest BCUT2D eigenvalue weighted by molar-refractivity contribution is 6.00. The molecule has 0 aromatic carbocycles. The normalized spacial score (nSPS) is 15.7. The molecule has 12 heteroatoms. The summed E-state index contributed by atoms with van der Waals surface area (Å²) in [6.07, 6.45) is -8.60. The highest BCUT2D eigenvalue weighted by Crippen LogP contribution is 2.46. The molecule has 0 atom stereocenters. The number of pyridine rings is 1. The molecule has 0 saturated carbocycles. The van der Waals surface area contributed by atoms with Crippen LogP contribution < -0.4 is 5.32 Å². The Bertz CT molecular complexity index is 823. The van der Waals surface area contributed by atoms with Gasteiger partial charge in [0, 0.05) is 12.4 Å². The Labute approximate surface area is 166 Å². The van der Waals surface area contributed by atoms with Crippen LogP contribution in [0.3, 0.4) is 0 Å². The van der Waals surface area contributed by atoms with Crippen LogP contribution in [0.5, 0.6) is 0 Å². The molecule has 0 amide bonds. The van der Waals surface area contributed by atoms with Crippen LogP contribution in [-0.4, -0.2) is 42.5 Å². The molecule has 0 bridgehead atoms. The quantitative estimate of drug-likeness (QED) is 0.560. The Morgan fingerprint density at radius 2 is 1.43 bits per heavy atom. The molecule has 0 saturated heterocycles. The van der Waals surface area contributed by atoms with Gasteiger partial charge in [-0.3, -0.25) is 4.98 Å². The van der Waals surface area contributed by atoms with Gasteiger partial charge in [-0.05, 0) is 25.5 Å². The van der Waals surface area contributed by atoms with Gasteiger partial charge < -0.3 is 14.8 Å². The minimum Gasteiger partial charge on any atom is -0.463 e. The zero-order chi connectivity index (χ0) is 22.7. The number of esters is 2. The number of nitrogens with one attached hydrogen (secondary N) is 1. The molecular weight excluding hydrogens is 422 g/mol. The van der Waals surface area contributed by atoms with Crippen molar-refractivity contribution in [2.24, 2.45) is 0 Å². The molecule has 0 radical (unpaired) electrons. The number of allylic oxidation sites excluding steroid dienone is 2. The molecule has 0 unspecified atom stereocenters. The number of hydrogen-bond acceptors (Lipinski definition) is 6. The molecule has 2 heterocycles. The van der Waals surface area contributed by atoms with Crippen molar-refractivity contribution in [2.75, 3.05) is 13.2 Å². The summed E-state index contributed by atoms with van der Waals surface area (Å²) in [6.45, 7) is 1.92. The summed E-state index contributed by atoms with van der Waals surface area (Å²) in [5, 5.41) is 1.20. The van der Waals surface area contributed by atoms with E-state index in [1.807, 2.05) is 0 Å². The third-order valence-electron chi connectivity index (χ3n) is 3.94. The molecule has 0 aliphatic carbocycles. The summed E-state index contributed by atoms with van der Waals surface area (Å²) in [6, 6.07) is 2.38. The summed E-state index contributed by atoms with van der Waals surface area (Å²) < 4.78 is 91.3. The fourth-order valence-corrected chi connectivity index (χ4v) is 2.88. The zero-order valence-electron chi connectivity index (χ0n) is 15.6. The molecule has 1 aromatic rings. The van der Waals surface area contributed by atoms with E-state index >= 15 is 0 Å². The number of ether oxygens (including phenoxy) is 2. The number of rotatable bonds is 5. The van der Waals surface area contributed by atoms with Crippen molar-refractivity contribution in [3.8, 4) is 0 Å². The van der Waals surface area contributed by atoms with E-state index < -0.39 is 52.7 Å². The van der Waals surface area contributed by atoms with E-state index in [2.05, 4.69) is 14.5 Å². The molecule has 1 aromatic heterocycles. The number of carbonyl (C=O) groups is 2. The summed E-state index contributed by atoms with van der Waals surface area (Å²) in [4.78, 5) is 28.5. The van der Waals surface area contributed by atoms with E-state index in [0.29, 0.717) is 0 Å². The first-order valence-electron chi connectivity index (χ1n) is 8.57. The Morgan fingerprint density at radius 3 is 1.77 bits per heavy atom. The summed E-state index contributed by atoms with van der Waals surface area (Å²) in [7, 11) is 0. The second kappa shape index (κ2) is 8.76. The van der Waals surface area contributed by atoms with Gasteiger partial charge in [-0.2, -0.15) is 26.3 Å². The van der Waals surface area contributed by atoms with Gasteiger partial charge >= 0.3 is 24.3 Å². The highest BCUT2D eigenvalue weighted by atomic mass is 19.4. The van der Waals surface area contributed by atoms with Gasteiger partial charge in [0.25, 0.3) is 0 Å². The smallest absolute Gasteiger partial charge is 0.431 e. The van der Waals surface area contributed by atoms with Crippen molar-refractivity contribution < 1.29 is 45.4 Å². The van der Waals surface area contributed by atoms with Crippen molar-refractivity contribution >= 4 is 11.9 Å². The first kappa shape index (κ1) is 23.2. The number of aromatic nitrogens is 1. The van der Waals surface area contributed by atoms with Crippen LogP contribution in [0.25, 0.3) is 0 Å². The molecule has 1 N–H and O–H groups in total. The fourth-order valence-electron chi connectivity index (χ4n) is 2.88. The van der Waals surface area contributed by atoms with Crippen molar-refractivity contribution in [2.45, 2.75) is 32.1 Å². The van der Waals surface area contributed by atoms with Gasteiger partial charge in [0.2, 0.25) is 0 Å². The van der Waals surface area contributed by atoms with Crippen LogP contribution in [0.1, 0.15) is 25.3 Å². The molecule has 1 aliphatic heterocycles. The Morgan fingerprint density at radius 1 is 0.967 bits per heavy atom. The zero-order valence-corrected chi connectivity index (χ0v) is 15.6. The van der Waals surface area contributed by atoms with Crippen molar-refractivity contribution in [1.82, 2.24) is 10.3 Å². The average molecular weight is 438 g/mol. The molecule has 2 rings (SSSR count). The maximum Gasteiger partial charge on any atom is 0.431 e. The minimum atomic E-state index is -5.39. The van der Waals surface area contributed by atoms with E-state index in [-0.39, 0.29) is 18.8 Å². The van der Waals surface area contributed by atoms with Crippen molar-refractivity contribution in [1.29, 1.82) is 0 Å². The second-order valence-electron chi connectivity index (χ2n) is 5.86.